The Morgan fingerprint density at radius 2 is 1.77 bits per heavy atom. The second kappa shape index (κ2) is 9.65. The number of hydrogen-bond donors (Lipinski definition) is 1. The number of ether oxygens (including phenoxy) is 1. The van der Waals surface area contributed by atoms with E-state index >= 15 is 0 Å². The predicted octanol–water partition coefficient (Wildman–Crippen LogP) is 3.16. The zero-order valence-electron chi connectivity index (χ0n) is 18.6. The third kappa shape index (κ3) is 4.86. The van der Waals surface area contributed by atoms with Crippen LogP contribution in [0.1, 0.15) is 46.1 Å². The Morgan fingerprint density at radius 3 is 2.37 bits per heavy atom. The highest BCUT2D eigenvalue weighted by Crippen LogP contribution is 2.35. The molecule has 3 rings (SSSR count). The second-order valence-electron chi connectivity index (χ2n) is 9.20. The van der Waals surface area contributed by atoms with Crippen LogP contribution in [0.4, 0.5) is 0 Å². The highest BCUT2D eigenvalue weighted by atomic mass is 16.5. The van der Waals surface area contributed by atoms with Gasteiger partial charge in [0.2, 0.25) is 0 Å². The van der Waals surface area contributed by atoms with E-state index < -0.39 is 0 Å². The van der Waals surface area contributed by atoms with Gasteiger partial charge in [0.25, 0.3) is 11.8 Å². The summed E-state index contributed by atoms with van der Waals surface area (Å²) in [4.78, 5) is 30.0. The molecule has 0 bridgehead atoms. The normalized spacial score (nSPS) is 20.2. The van der Waals surface area contributed by atoms with E-state index in [-0.39, 0.29) is 30.3 Å². The number of imide groups is 1. The molecule has 1 aromatic rings. The average molecular weight is 415 g/mol. The fourth-order valence-electron chi connectivity index (χ4n) is 4.05. The molecule has 2 aliphatic rings. The summed E-state index contributed by atoms with van der Waals surface area (Å²) in [5.41, 5.74) is 1.68. The molecule has 0 spiro atoms. The number of carbonyl (C=O) groups is 2. The van der Waals surface area contributed by atoms with Crippen LogP contribution in [0.3, 0.4) is 0 Å². The van der Waals surface area contributed by atoms with Gasteiger partial charge in [-0.05, 0) is 48.3 Å². The fourth-order valence-corrected chi connectivity index (χ4v) is 4.05. The minimum Gasteiger partial charge on any atom is -0.493 e. The molecule has 1 atom stereocenters. The molecule has 30 heavy (non-hydrogen) atoms. The van der Waals surface area contributed by atoms with Gasteiger partial charge >= 0.3 is 0 Å². The molecule has 1 N–H and O–H groups in total. The first kappa shape index (κ1) is 22.3. The van der Waals surface area contributed by atoms with Crippen LogP contribution in [-0.4, -0.2) is 59.6 Å². The molecule has 0 saturated carbocycles. The maximum absolute atomic E-state index is 13.3. The van der Waals surface area contributed by atoms with Crippen LogP contribution in [0, 0.1) is 17.8 Å². The number of nitrogens with zero attached hydrogens (tertiary/aromatic N) is 2. The Bertz CT molecular complexity index is 798. The fraction of sp³-hybridized carbons (Fsp3) is 0.583. The number of likely N-dealkylation sites (tertiary alicyclic amines) is 1. The summed E-state index contributed by atoms with van der Waals surface area (Å²) in [5, 5.41) is 9.62. The molecule has 2 amide bonds. The maximum atomic E-state index is 13.3. The topological polar surface area (TPSA) is 70.1 Å². The van der Waals surface area contributed by atoms with Crippen molar-refractivity contribution in [3.8, 4) is 5.75 Å². The molecule has 6 nitrogen and oxygen atoms in total. The van der Waals surface area contributed by atoms with Gasteiger partial charge < -0.3 is 14.7 Å². The lowest BCUT2D eigenvalue weighted by atomic mass is 9.97. The zero-order valence-corrected chi connectivity index (χ0v) is 18.6. The maximum Gasteiger partial charge on any atom is 0.277 e. The molecule has 2 heterocycles. The zero-order chi connectivity index (χ0) is 21.8. The Balaban J connectivity index is 1.95. The molecule has 0 aromatic heterocycles. The van der Waals surface area contributed by atoms with Crippen LogP contribution in [0.15, 0.2) is 30.0 Å². The predicted molar refractivity (Wildman–Crippen MR) is 117 cm³/mol. The van der Waals surface area contributed by atoms with Crippen molar-refractivity contribution >= 4 is 17.4 Å². The van der Waals surface area contributed by atoms with E-state index in [4.69, 9.17) is 4.74 Å². The first-order valence-electron chi connectivity index (χ1n) is 11.0. The van der Waals surface area contributed by atoms with Gasteiger partial charge in [-0.1, -0.05) is 39.8 Å². The number of rotatable bonds is 8. The summed E-state index contributed by atoms with van der Waals surface area (Å²) in [6, 6.07) is 7.45. The summed E-state index contributed by atoms with van der Waals surface area (Å²) in [7, 11) is 0. The van der Waals surface area contributed by atoms with E-state index in [1.165, 1.54) is 4.90 Å². The van der Waals surface area contributed by atoms with E-state index in [1.54, 1.807) is 0 Å². The molecule has 1 aromatic carbocycles. The molecule has 164 valence electrons. The minimum atomic E-state index is -0.231. The lowest BCUT2D eigenvalue weighted by Crippen LogP contribution is -2.41. The van der Waals surface area contributed by atoms with Crippen molar-refractivity contribution in [1.82, 2.24) is 9.80 Å². The summed E-state index contributed by atoms with van der Waals surface area (Å²) in [5.74, 6) is 1.05. The van der Waals surface area contributed by atoms with Crippen molar-refractivity contribution in [2.75, 3.05) is 32.8 Å². The number of carbonyl (C=O) groups excluding carboxylic acids is 2. The number of aliphatic hydroxyl groups is 1. The second-order valence-corrected chi connectivity index (χ2v) is 9.20. The van der Waals surface area contributed by atoms with Gasteiger partial charge in [-0.2, -0.15) is 0 Å². The monoisotopic (exact) mass is 414 g/mol. The van der Waals surface area contributed by atoms with Gasteiger partial charge in [-0.15, -0.1) is 0 Å². The third-order valence-corrected chi connectivity index (χ3v) is 5.51. The Labute approximate surface area is 179 Å². The summed E-state index contributed by atoms with van der Waals surface area (Å²) in [6.45, 7) is 10.6. The van der Waals surface area contributed by atoms with Crippen molar-refractivity contribution in [2.24, 2.45) is 17.8 Å². The van der Waals surface area contributed by atoms with Crippen molar-refractivity contribution in [2.45, 2.75) is 40.5 Å². The van der Waals surface area contributed by atoms with Crippen molar-refractivity contribution in [3.63, 3.8) is 0 Å². The van der Waals surface area contributed by atoms with Crippen LogP contribution < -0.4 is 4.74 Å². The van der Waals surface area contributed by atoms with E-state index in [0.717, 1.165) is 30.7 Å². The van der Waals surface area contributed by atoms with Gasteiger partial charge in [0.15, 0.2) is 0 Å². The number of benzene rings is 1. The molecular formula is C24H34N2O4. The molecule has 2 aliphatic heterocycles. The van der Waals surface area contributed by atoms with E-state index in [9.17, 15) is 14.7 Å². The molecule has 6 heteroatoms. The van der Waals surface area contributed by atoms with Gasteiger partial charge in [-0.3, -0.25) is 14.5 Å². The minimum absolute atomic E-state index is 0.0961. The van der Waals surface area contributed by atoms with Crippen molar-refractivity contribution < 1.29 is 19.4 Å². The van der Waals surface area contributed by atoms with Gasteiger partial charge in [-0.25, -0.2) is 0 Å². The SMILES string of the molecule is CC(C)COc1ccc(C2=C(N3CCCC(CO)C3)C(=O)N(CC(C)C)C2=O)cc1. The standard InChI is InChI=1S/C24H34N2O4/c1-16(2)12-26-23(28)21(19-7-9-20(10-8-19)30-15-17(3)4)22(24(26)29)25-11-5-6-18(13-25)14-27/h7-10,16-18,27H,5-6,11-15H2,1-4H3. The van der Waals surface area contributed by atoms with Crippen LogP contribution in [0.5, 0.6) is 5.75 Å². The number of amides is 2. The molecule has 0 radical (unpaired) electrons. The van der Waals surface area contributed by atoms with Gasteiger partial charge in [0.05, 0.1) is 12.2 Å². The molecular weight excluding hydrogens is 380 g/mol. The van der Waals surface area contributed by atoms with Crippen LogP contribution in [0.2, 0.25) is 0 Å². The Kier molecular flexibility index (Phi) is 7.19. The van der Waals surface area contributed by atoms with Crippen molar-refractivity contribution in [1.29, 1.82) is 0 Å². The smallest absolute Gasteiger partial charge is 0.277 e. The van der Waals surface area contributed by atoms with Crippen LogP contribution in [-0.2, 0) is 9.59 Å². The van der Waals surface area contributed by atoms with E-state index in [0.29, 0.717) is 36.9 Å². The Morgan fingerprint density at radius 1 is 1.07 bits per heavy atom. The summed E-state index contributed by atoms with van der Waals surface area (Å²) >= 11 is 0. The highest BCUT2D eigenvalue weighted by molar-refractivity contribution is 6.35. The quantitative estimate of drug-likeness (QED) is 0.662. The first-order valence-corrected chi connectivity index (χ1v) is 11.0. The van der Waals surface area contributed by atoms with Crippen molar-refractivity contribution in [3.05, 3.63) is 35.5 Å². The molecule has 1 saturated heterocycles. The van der Waals surface area contributed by atoms with Gasteiger partial charge in [0.1, 0.15) is 11.4 Å². The lowest BCUT2D eigenvalue weighted by Gasteiger charge is -2.34. The average Bonchev–Trinajstić information content (AvgIpc) is 2.97. The van der Waals surface area contributed by atoms with Crippen LogP contribution in [0.25, 0.3) is 5.57 Å². The molecule has 0 aliphatic carbocycles. The number of aliphatic hydroxyl groups excluding tert-OH is 1. The summed E-state index contributed by atoms with van der Waals surface area (Å²) < 4.78 is 5.76. The summed E-state index contributed by atoms with van der Waals surface area (Å²) in [6.07, 6.45) is 1.84. The lowest BCUT2D eigenvalue weighted by molar-refractivity contribution is -0.138. The van der Waals surface area contributed by atoms with E-state index in [1.807, 2.05) is 43.0 Å². The number of hydrogen-bond acceptors (Lipinski definition) is 5. The first-order chi connectivity index (χ1) is 14.3. The highest BCUT2D eigenvalue weighted by Gasteiger charge is 2.42. The van der Waals surface area contributed by atoms with Crippen LogP contribution >= 0.6 is 0 Å². The number of piperidine rings is 1. The Hall–Kier alpha value is -2.34. The third-order valence-electron chi connectivity index (χ3n) is 5.51. The largest absolute Gasteiger partial charge is 0.493 e. The molecule has 1 unspecified atom stereocenters. The van der Waals surface area contributed by atoms with E-state index in [2.05, 4.69) is 13.8 Å². The van der Waals surface area contributed by atoms with Gasteiger partial charge in [0, 0.05) is 26.2 Å². The molecule has 1 fully saturated rings.